The third-order valence-corrected chi connectivity index (χ3v) is 4.83. The Morgan fingerprint density at radius 1 is 1.36 bits per heavy atom. The fourth-order valence-electron chi connectivity index (χ4n) is 2.85. The highest BCUT2D eigenvalue weighted by molar-refractivity contribution is 6.37. The van der Waals surface area contributed by atoms with Gasteiger partial charge in [-0.3, -0.25) is 4.79 Å². The van der Waals surface area contributed by atoms with E-state index in [1.165, 1.54) is 4.68 Å². The number of hydrogen-bond donors (Lipinski definition) is 2. The molecule has 6 nitrogen and oxygen atoms in total. The number of aromatic nitrogens is 3. The number of benzene rings is 1. The van der Waals surface area contributed by atoms with E-state index >= 15 is 0 Å². The molecule has 1 aromatic carbocycles. The number of rotatable bonds is 3. The predicted molar refractivity (Wildman–Crippen MR) is 101 cm³/mol. The van der Waals surface area contributed by atoms with E-state index in [0.717, 1.165) is 19.5 Å². The molecule has 1 fully saturated rings. The van der Waals surface area contributed by atoms with E-state index in [9.17, 15) is 4.79 Å². The lowest BCUT2D eigenvalue weighted by Gasteiger charge is -2.29. The molecule has 0 aliphatic carbocycles. The van der Waals surface area contributed by atoms with Gasteiger partial charge in [-0.2, -0.15) is 0 Å². The predicted octanol–water partition coefficient (Wildman–Crippen LogP) is 3.03. The minimum absolute atomic E-state index is 0. The molecule has 2 heterocycles. The number of nitrogens with zero attached hydrogens (tertiary/aromatic N) is 3. The fraction of sp³-hybridized carbons (Fsp3) is 0.438. The first-order chi connectivity index (χ1) is 11.5. The maximum Gasteiger partial charge on any atom is 0.291 e. The van der Waals surface area contributed by atoms with Crippen LogP contribution in [0.5, 0.6) is 0 Å². The zero-order valence-electron chi connectivity index (χ0n) is 13.9. The van der Waals surface area contributed by atoms with E-state index in [2.05, 4.69) is 27.6 Å². The molecular weight excluding hydrogens is 385 g/mol. The van der Waals surface area contributed by atoms with E-state index in [1.807, 2.05) is 0 Å². The standard InChI is InChI=1S/C16H19Cl2N5O.ClH/c1-9-8-19-7-6-13(9)21-16(24)15-20-10(2)23(22-15)14-11(17)4-3-5-12(14)18;/h3-5,9,13,19H,6-8H2,1-2H3,(H,21,24);1H. The normalized spacial score (nSPS) is 20.0. The van der Waals surface area contributed by atoms with E-state index in [-0.39, 0.29) is 30.2 Å². The molecule has 0 bridgehead atoms. The number of nitrogens with one attached hydrogen (secondary N) is 2. The Labute approximate surface area is 162 Å². The zero-order chi connectivity index (χ0) is 17.3. The van der Waals surface area contributed by atoms with Crippen LogP contribution in [0, 0.1) is 12.8 Å². The Kier molecular flexibility index (Phi) is 6.68. The number of para-hydroxylation sites is 1. The summed E-state index contributed by atoms with van der Waals surface area (Å²) >= 11 is 12.4. The molecular formula is C16H20Cl3N5O. The Morgan fingerprint density at radius 3 is 2.68 bits per heavy atom. The van der Waals surface area contributed by atoms with Crippen LogP contribution in [0.3, 0.4) is 0 Å². The maximum absolute atomic E-state index is 12.5. The quantitative estimate of drug-likeness (QED) is 0.825. The molecule has 1 amide bonds. The molecule has 2 atom stereocenters. The molecule has 1 saturated heterocycles. The van der Waals surface area contributed by atoms with Crippen LogP contribution < -0.4 is 10.6 Å². The van der Waals surface area contributed by atoms with Crippen molar-refractivity contribution in [3.63, 3.8) is 0 Å². The van der Waals surface area contributed by atoms with E-state index < -0.39 is 0 Å². The molecule has 1 aromatic heterocycles. The summed E-state index contributed by atoms with van der Waals surface area (Å²) in [5.74, 6) is 0.755. The summed E-state index contributed by atoms with van der Waals surface area (Å²) in [7, 11) is 0. The lowest BCUT2D eigenvalue weighted by Crippen LogP contribution is -2.48. The van der Waals surface area contributed by atoms with Crippen molar-refractivity contribution in [2.45, 2.75) is 26.3 Å². The summed E-state index contributed by atoms with van der Waals surface area (Å²) in [6, 6.07) is 5.32. The molecule has 2 unspecified atom stereocenters. The van der Waals surface area contributed by atoms with Crippen LogP contribution >= 0.6 is 35.6 Å². The van der Waals surface area contributed by atoms with Gasteiger partial charge in [-0.1, -0.05) is 36.2 Å². The first kappa shape index (κ1) is 20.0. The van der Waals surface area contributed by atoms with E-state index in [4.69, 9.17) is 23.2 Å². The molecule has 2 N–H and O–H groups in total. The summed E-state index contributed by atoms with van der Waals surface area (Å²) in [5, 5.41) is 11.5. The lowest BCUT2D eigenvalue weighted by atomic mass is 9.95. The molecule has 0 saturated carbocycles. The molecule has 2 aromatic rings. The number of halogens is 3. The Balaban J connectivity index is 0.00000225. The van der Waals surface area contributed by atoms with Gasteiger partial charge in [0.1, 0.15) is 11.5 Å². The van der Waals surface area contributed by atoms with E-state index in [0.29, 0.717) is 27.5 Å². The van der Waals surface area contributed by atoms with Gasteiger partial charge in [-0.05, 0) is 44.5 Å². The summed E-state index contributed by atoms with van der Waals surface area (Å²) in [5.41, 5.74) is 0.528. The molecule has 9 heteroatoms. The third kappa shape index (κ3) is 4.26. The molecule has 0 radical (unpaired) electrons. The molecule has 1 aliphatic rings. The van der Waals surface area contributed by atoms with Crippen LogP contribution in [0.1, 0.15) is 29.8 Å². The van der Waals surface area contributed by atoms with Gasteiger partial charge in [0, 0.05) is 6.04 Å². The van der Waals surface area contributed by atoms with Gasteiger partial charge in [0.25, 0.3) is 5.91 Å². The van der Waals surface area contributed by atoms with Crippen molar-refractivity contribution in [3.8, 4) is 5.69 Å². The van der Waals surface area contributed by atoms with E-state index in [1.54, 1.807) is 25.1 Å². The molecule has 25 heavy (non-hydrogen) atoms. The van der Waals surface area contributed by atoms with Crippen LogP contribution in [0.4, 0.5) is 0 Å². The SMILES string of the molecule is Cc1nc(C(=O)NC2CCNCC2C)nn1-c1c(Cl)cccc1Cl.Cl. The van der Waals surface area contributed by atoms with Crippen molar-refractivity contribution in [1.82, 2.24) is 25.4 Å². The summed E-state index contributed by atoms with van der Waals surface area (Å²) in [4.78, 5) is 16.8. The Hall–Kier alpha value is -1.34. The average Bonchev–Trinajstić information content (AvgIpc) is 2.91. The molecule has 136 valence electrons. The van der Waals surface area contributed by atoms with Gasteiger partial charge in [0.15, 0.2) is 0 Å². The second-order valence-electron chi connectivity index (χ2n) is 6.01. The van der Waals surface area contributed by atoms with Crippen molar-refractivity contribution in [2.75, 3.05) is 13.1 Å². The highest BCUT2D eigenvalue weighted by Gasteiger charge is 2.25. The lowest BCUT2D eigenvalue weighted by molar-refractivity contribution is 0.0903. The first-order valence-corrected chi connectivity index (χ1v) is 8.62. The Bertz CT molecular complexity index is 744. The van der Waals surface area contributed by atoms with Crippen molar-refractivity contribution >= 4 is 41.5 Å². The van der Waals surface area contributed by atoms with Crippen molar-refractivity contribution in [3.05, 3.63) is 39.9 Å². The second kappa shape index (κ2) is 8.36. The van der Waals surface area contributed by atoms with Crippen LogP contribution in [0.15, 0.2) is 18.2 Å². The third-order valence-electron chi connectivity index (χ3n) is 4.22. The minimum Gasteiger partial charge on any atom is -0.346 e. The Morgan fingerprint density at radius 2 is 2.04 bits per heavy atom. The van der Waals surface area contributed by atoms with Gasteiger partial charge in [-0.15, -0.1) is 17.5 Å². The summed E-state index contributed by atoms with van der Waals surface area (Å²) in [6.07, 6.45) is 0.892. The van der Waals surface area contributed by atoms with Gasteiger partial charge >= 0.3 is 0 Å². The number of aryl methyl sites for hydroxylation is 1. The van der Waals surface area contributed by atoms with Gasteiger partial charge in [0.05, 0.1) is 10.0 Å². The van der Waals surface area contributed by atoms with Crippen molar-refractivity contribution < 1.29 is 4.79 Å². The molecule has 3 rings (SSSR count). The zero-order valence-corrected chi connectivity index (χ0v) is 16.3. The smallest absolute Gasteiger partial charge is 0.291 e. The minimum atomic E-state index is -0.279. The van der Waals surface area contributed by atoms with Gasteiger partial charge in [0.2, 0.25) is 5.82 Å². The van der Waals surface area contributed by atoms with Crippen LogP contribution in [-0.4, -0.2) is 39.8 Å². The number of piperidine rings is 1. The average molecular weight is 405 g/mol. The fourth-order valence-corrected chi connectivity index (χ4v) is 3.41. The first-order valence-electron chi connectivity index (χ1n) is 7.87. The molecule has 0 spiro atoms. The number of carbonyl (C=O) groups is 1. The number of hydrogen-bond acceptors (Lipinski definition) is 4. The number of amides is 1. The highest BCUT2D eigenvalue weighted by atomic mass is 35.5. The van der Waals surface area contributed by atoms with Crippen LogP contribution in [0.2, 0.25) is 10.0 Å². The summed E-state index contributed by atoms with van der Waals surface area (Å²) in [6.45, 7) is 5.65. The molecule has 1 aliphatic heterocycles. The van der Waals surface area contributed by atoms with Crippen molar-refractivity contribution in [2.24, 2.45) is 5.92 Å². The maximum atomic E-state index is 12.5. The largest absolute Gasteiger partial charge is 0.346 e. The number of carbonyl (C=O) groups excluding carboxylic acids is 1. The van der Waals surface area contributed by atoms with Gasteiger partial charge in [-0.25, -0.2) is 9.67 Å². The second-order valence-corrected chi connectivity index (χ2v) is 6.83. The van der Waals surface area contributed by atoms with Gasteiger partial charge < -0.3 is 10.6 Å². The van der Waals surface area contributed by atoms with Crippen LogP contribution in [0.25, 0.3) is 5.69 Å². The summed E-state index contributed by atoms with van der Waals surface area (Å²) < 4.78 is 1.51. The topological polar surface area (TPSA) is 71.8 Å². The van der Waals surface area contributed by atoms with Crippen LogP contribution in [-0.2, 0) is 0 Å². The monoisotopic (exact) mass is 403 g/mol. The highest BCUT2D eigenvalue weighted by Crippen LogP contribution is 2.28. The van der Waals surface area contributed by atoms with Crippen molar-refractivity contribution in [1.29, 1.82) is 0 Å².